The van der Waals surface area contributed by atoms with Crippen LogP contribution in [0.4, 0.5) is 5.69 Å². The van der Waals surface area contributed by atoms with Gasteiger partial charge in [-0.25, -0.2) is 4.79 Å². The summed E-state index contributed by atoms with van der Waals surface area (Å²) in [5.74, 6) is -4.76. The monoisotopic (exact) mass is 441 g/mol. The Bertz CT molecular complexity index is 953. The lowest BCUT2D eigenvalue weighted by Crippen LogP contribution is -2.58. The van der Waals surface area contributed by atoms with E-state index in [1.165, 1.54) is 18.9 Å². The van der Waals surface area contributed by atoms with Crippen molar-refractivity contribution in [2.24, 2.45) is 17.8 Å². The van der Waals surface area contributed by atoms with Crippen LogP contribution in [0, 0.1) is 17.8 Å². The summed E-state index contributed by atoms with van der Waals surface area (Å²) in [6.45, 7) is 1.44. The number of imide groups is 1. The molecule has 2 saturated heterocycles. The molecule has 3 aliphatic rings. The standard InChI is InChI=1S/C24H31N3O5/c1-24(23(31)32)18-17(21(29)26(4)22(18)30)19(14-10-12-16(13-11-14)25(2)3)27(24)20(28)15-8-6-5-7-9-15/h10-13,15,17-19H,5-9H2,1-4H3,(H,31,32). The van der Waals surface area contributed by atoms with Crippen LogP contribution >= 0.6 is 0 Å². The number of fused-ring (bicyclic) bond motifs is 1. The van der Waals surface area contributed by atoms with Crippen molar-refractivity contribution < 1.29 is 24.3 Å². The average Bonchev–Trinajstić information content (AvgIpc) is 3.19. The fourth-order valence-corrected chi connectivity index (χ4v) is 5.82. The van der Waals surface area contributed by atoms with Gasteiger partial charge in [-0.1, -0.05) is 31.4 Å². The number of nitrogens with zero attached hydrogens (tertiary/aromatic N) is 3. The SMILES string of the molecule is CN1C(=O)C2C(c3ccc(N(C)C)cc3)N(C(=O)C3CCCCC3)C(C)(C(=O)O)C2C1=O. The van der Waals surface area contributed by atoms with E-state index < -0.39 is 41.2 Å². The van der Waals surface area contributed by atoms with E-state index in [2.05, 4.69) is 0 Å². The molecular formula is C24H31N3O5. The summed E-state index contributed by atoms with van der Waals surface area (Å²) in [5, 5.41) is 10.3. The molecule has 8 nitrogen and oxygen atoms in total. The maximum absolute atomic E-state index is 13.8. The first-order chi connectivity index (χ1) is 15.1. The van der Waals surface area contributed by atoms with E-state index in [-0.39, 0.29) is 11.8 Å². The van der Waals surface area contributed by atoms with Crippen molar-refractivity contribution in [1.82, 2.24) is 9.80 Å². The summed E-state index contributed by atoms with van der Waals surface area (Å²) in [7, 11) is 5.22. The first-order valence-corrected chi connectivity index (χ1v) is 11.3. The van der Waals surface area contributed by atoms with Crippen molar-refractivity contribution in [1.29, 1.82) is 0 Å². The summed E-state index contributed by atoms with van der Waals surface area (Å²) in [6.07, 6.45) is 4.30. The number of carbonyl (C=O) groups excluding carboxylic acids is 3. The van der Waals surface area contributed by atoms with E-state index in [0.717, 1.165) is 29.8 Å². The number of carboxylic acid groups (broad SMARTS) is 1. The molecule has 2 heterocycles. The van der Waals surface area contributed by atoms with Gasteiger partial charge >= 0.3 is 5.97 Å². The molecule has 4 atom stereocenters. The van der Waals surface area contributed by atoms with E-state index in [1.54, 1.807) is 0 Å². The largest absolute Gasteiger partial charge is 0.479 e. The Hall–Kier alpha value is -2.90. The first kappa shape index (κ1) is 22.3. The second-order valence-corrected chi connectivity index (χ2v) is 9.67. The summed E-state index contributed by atoms with van der Waals surface area (Å²) >= 11 is 0. The lowest BCUT2D eigenvalue weighted by Gasteiger charge is -2.40. The van der Waals surface area contributed by atoms with Crippen LogP contribution in [-0.2, 0) is 19.2 Å². The summed E-state index contributed by atoms with van der Waals surface area (Å²) < 4.78 is 0. The minimum atomic E-state index is -1.79. The van der Waals surface area contributed by atoms with Gasteiger partial charge in [0.2, 0.25) is 17.7 Å². The average molecular weight is 442 g/mol. The molecule has 0 spiro atoms. The predicted octanol–water partition coefficient (Wildman–Crippen LogP) is 2.29. The quantitative estimate of drug-likeness (QED) is 0.720. The number of likely N-dealkylation sites (tertiary alicyclic amines) is 2. The Morgan fingerprint density at radius 2 is 1.62 bits per heavy atom. The van der Waals surface area contributed by atoms with Gasteiger partial charge in [0.15, 0.2) is 5.54 Å². The molecule has 1 aliphatic carbocycles. The highest BCUT2D eigenvalue weighted by Gasteiger charge is 2.71. The molecule has 4 unspecified atom stereocenters. The zero-order valence-corrected chi connectivity index (χ0v) is 19.1. The van der Waals surface area contributed by atoms with E-state index in [0.29, 0.717) is 18.4 Å². The maximum Gasteiger partial charge on any atom is 0.330 e. The normalized spacial score (nSPS) is 30.6. The third-order valence-electron chi connectivity index (χ3n) is 7.67. The van der Waals surface area contributed by atoms with Crippen molar-refractivity contribution >= 4 is 29.4 Å². The lowest BCUT2D eigenvalue weighted by molar-refractivity contribution is -0.164. The molecule has 3 fully saturated rings. The highest BCUT2D eigenvalue weighted by atomic mass is 16.4. The number of amides is 3. The van der Waals surface area contributed by atoms with Gasteiger partial charge in [0.25, 0.3) is 0 Å². The van der Waals surface area contributed by atoms with Crippen LogP contribution in [0.2, 0.25) is 0 Å². The number of aliphatic carboxylic acids is 1. The molecule has 4 rings (SSSR count). The van der Waals surface area contributed by atoms with Crippen LogP contribution in [0.25, 0.3) is 0 Å². The third-order valence-corrected chi connectivity index (χ3v) is 7.67. The topological polar surface area (TPSA) is 98.2 Å². The Kier molecular flexibility index (Phi) is 5.51. The summed E-state index contributed by atoms with van der Waals surface area (Å²) in [4.78, 5) is 57.1. The van der Waals surface area contributed by atoms with Gasteiger partial charge in [-0.15, -0.1) is 0 Å². The van der Waals surface area contributed by atoms with Crippen molar-refractivity contribution in [3.63, 3.8) is 0 Å². The molecule has 1 saturated carbocycles. The smallest absolute Gasteiger partial charge is 0.330 e. The van der Waals surface area contributed by atoms with Gasteiger partial charge in [-0.2, -0.15) is 0 Å². The van der Waals surface area contributed by atoms with Crippen molar-refractivity contribution in [3.05, 3.63) is 29.8 Å². The van der Waals surface area contributed by atoms with Gasteiger partial charge in [-0.3, -0.25) is 19.3 Å². The number of benzene rings is 1. The van der Waals surface area contributed by atoms with Crippen molar-refractivity contribution in [2.75, 3.05) is 26.0 Å². The Balaban J connectivity index is 1.87. The number of hydrogen-bond donors (Lipinski definition) is 1. The van der Waals surface area contributed by atoms with Gasteiger partial charge in [0.05, 0.1) is 17.9 Å². The number of carboxylic acids is 1. The molecule has 1 N–H and O–H groups in total. The van der Waals surface area contributed by atoms with Gasteiger partial charge in [0, 0.05) is 32.7 Å². The zero-order valence-electron chi connectivity index (χ0n) is 19.1. The molecule has 1 aromatic carbocycles. The Labute approximate surface area is 188 Å². The van der Waals surface area contributed by atoms with Crippen LogP contribution in [0.1, 0.15) is 50.6 Å². The molecule has 3 amide bonds. The number of rotatable bonds is 4. The van der Waals surface area contributed by atoms with E-state index in [4.69, 9.17) is 0 Å². The second-order valence-electron chi connectivity index (χ2n) is 9.67. The van der Waals surface area contributed by atoms with Crippen LogP contribution in [0.3, 0.4) is 0 Å². The summed E-state index contributed by atoms with van der Waals surface area (Å²) in [6, 6.07) is 6.64. The predicted molar refractivity (Wildman–Crippen MR) is 118 cm³/mol. The molecule has 0 bridgehead atoms. The number of anilines is 1. The van der Waals surface area contributed by atoms with Gasteiger partial charge in [0.1, 0.15) is 0 Å². The van der Waals surface area contributed by atoms with Gasteiger partial charge < -0.3 is 14.9 Å². The molecule has 172 valence electrons. The molecular weight excluding hydrogens is 410 g/mol. The third kappa shape index (κ3) is 3.11. The van der Waals surface area contributed by atoms with E-state index >= 15 is 0 Å². The van der Waals surface area contributed by atoms with Crippen LogP contribution in [0.15, 0.2) is 24.3 Å². The van der Waals surface area contributed by atoms with E-state index in [9.17, 15) is 24.3 Å². The van der Waals surface area contributed by atoms with Crippen molar-refractivity contribution in [3.8, 4) is 0 Å². The fourth-order valence-electron chi connectivity index (χ4n) is 5.82. The van der Waals surface area contributed by atoms with Crippen LogP contribution in [0.5, 0.6) is 0 Å². The van der Waals surface area contributed by atoms with Crippen LogP contribution < -0.4 is 4.90 Å². The fraction of sp³-hybridized carbons (Fsp3) is 0.583. The molecule has 0 radical (unpaired) electrons. The van der Waals surface area contributed by atoms with Gasteiger partial charge in [-0.05, 0) is 37.5 Å². The molecule has 0 aromatic heterocycles. The minimum absolute atomic E-state index is 0.256. The zero-order chi connectivity index (χ0) is 23.4. The number of carbonyl (C=O) groups is 4. The summed E-state index contributed by atoms with van der Waals surface area (Å²) in [5.41, 5.74) is -0.168. The first-order valence-electron chi connectivity index (χ1n) is 11.3. The highest BCUT2D eigenvalue weighted by molar-refractivity contribution is 6.10. The second kappa shape index (κ2) is 7.90. The lowest BCUT2D eigenvalue weighted by atomic mass is 9.80. The van der Waals surface area contributed by atoms with Crippen LogP contribution in [-0.4, -0.2) is 65.3 Å². The Morgan fingerprint density at radius 1 is 1.03 bits per heavy atom. The molecule has 2 aliphatic heterocycles. The Morgan fingerprint density at radius 3 is 2.16 bits per heavy atom. The molecule has 32 heavy (non-hydrogen) atoms. The minimum Gasteiger partial charge on any atom is -0.479 e. The maximum atomic E-state index is 13.8. The molecule has 1 aromatic rings. The number of hydrogen-bond acceptors (Lipinski definition) is 5. The van der Waals surface area contributed by atoms with E-state index in [1.807, 2.05) is 43.3 Å². The highest BCUT2D eigenvalue weighted by Crippen LogP contribution is 2.55. The van der Waals surface area contributed by atoms with Crippen molar-refractivity contribution in [2.45, 2.75) is 50.6 Å². The molecule has 8 heteroatoms.